The standard InChI is InChI=1S/C15H15N5O/c1-11-3-7-13(8-4-11)20-15(17-18-19-20)16-12-5-9-14(21-2)10-6-12/h3-10H,1-2H3,(H,16,17,19). The van der Waals surface area contributed by atoms with Gasteiger partial charge in [-0.15, -0.1) is 0 Å². The predicted octanol–water partition coefficient (Wildman–Crippen LogP) is 2.72. The van der Waals surface area contributed by atoms with Crippen molar-refractivity contribution in [2.45, 2.75) is 6.92 Å². The minimum absolute atomic E-state index is 0.559. The highest BCUT2D eigenvalue weighted by atomic mass is 16.5. The summed E-state index contributed by atoms with van der Waals surface area (Å²) >= 11 is 0. The number of methoxy groups -OCH3 is 1. The van der Waals surface area contributed by atoms with Crippen LogP contribution in [0.5, 0.6) is 5.75 Å². The van der Waals surface area contributed by atoms with Crippen molar-refractivity contribution in [3.05, 3.63) is 54.1 Å². The third kappa shape index (κ3) is 2.84. The van der Waals surface area contributed by atoms with Crippen LogP contribution in [-0.4, -0.2) is 27.3 Å². The van der Waals surface area contributed by atoms with Gasteiger partial charge in [0.05, 0.1) is 12.8 Å². The van der Waals surface area contributed by atoms with Crippen molar-refractivity contribution < 1.29 is 4.74 Å². The number of hydrogen-bond donors (Lipinski definition) is 1. The van der Waals surface area contributed by atoms with Crippen molar-refractivity contribution in [3.8, 4) is 11.4 Å². The Hall–Kier alpha value is -2.89. The molecule has 0 saturated carbocycles. The Morgan fingerprint density at radius 1 is 1.00 bits per heavy atom. The topological polar surface area (TPSA) is 64.9 Å². The molecule has 106 valence electrons. The SMILES string of the molecule is COc1ccc(Nc2nnnn2-c2ccc(C)cc2)cc1. The minimum atomic E-state index is 0.559. The van der Waals surface area contributed by atoms with Crippen LogP contribution in [0.3, 0.4) is 0 Å². The molecule has 2 aromatic carbocycles. The summed E-state index contributed by atoms with van der Waals surface area (Å²) < 4.78 is 6.79. The number of nitrogens with one attached hydrogen (secondary N) is 1. The van der Waals surface area contributed by atoms with Gasteiger partial charge in [-0.1, -0.05) is 22.8 Å². The quantitative estimate of drug-likeness (QED) is 0.796. The molecule has 0 radical (unpaired) electrons. The molecule has 3 aromatic rings. The maximum absolute atomic E-state index is 5.14. The summed E-state index contributed by atoms with van der Waals surface area (Å²) in [5.74, 6) is 1.36. The van der Waals surface area contributed by atoms with E-state index in [-0.39, 0.29) is 0 Å². The maximum atomic E-state index is 5.14. The van der Waals surface area contributed by atoms with Gasteiger partial charge in [-0.3, -0.25) is 0 Å². The molecular weight excluding hydrogens is 266 g/mol. The Morgan fingerprint density at radius 3 is 2.38 bits per heavy atom. The minimum Gasteiger partial charge on any atom is -0.497 e. The van der Waals surface area contributed by atoms with Crippen LogP contribution in [-0.2, 0) is 0 Å². The van der Waals surface area contributed by atoms with Gasteiger partial charge in [-0.25, -0.2) is 0 Å². The van der Waals surface area contributed by atoms with Gasteiger partial charge in [-0.2, -0.15) is 4.68 Å². The Morgan fingerprint density at radius 2 is 1.71 bits per heavy atom. The highest BCUT2D eigenvalue weighted by molar-refractivity contribution is 5.56. The predicted molar refractivity (Wildman–Crippen MR) is 80.2 cm³/mol. The zero-order chi connectivity index (χ0) is 14.7. The molecule has 3 rings (SSSR count). The lowest BCUT2D eigenvalue weighted by atomic mass is 10.2. The number of hydrogen-bond acceptors (Lipinski definition) is 5. The van der Waals surface area contributed by atoms with Crippen molar-refractivity contribution in [2.24, 2.45) is 0 Å². The van der Waals surface area contributed by atoms with Crippen LogP contribution in [0.1, 0.15) is 5.56 Å². The maximum Gasteiger partial charge on any atom is 0.252 e. The fourth-order valence-corrected chi connectivity index (χ4v) is 1.93. The third-order valence-electron chi connectivity index (χ3n) is 3.09. The van der Waals surface area contributed by atoms with E-state index in [2.05, 4.69) is 20.8 Å². The van der Waals surface area contributed by atoms with Gasteiger partial charge < -0.3 is 10.1 Å². The molecule has 0 unspecified atom stereocenters. The number of tetrazole rings is 1. The number of ether oxygens (including phenoxy) is 1. The van der Waals surface area contributed by atoms with Gasteiger partial charge in [0.15, 0.2) is 0 Å². The zero-order valence-electron chi connectivity index (χ0n) is 11.8. The van der Waals surface area contributed by atoms with Gasteiger partial charge in [0, 0.05) is 5.69 Å². The first-order chi connectivity index (χ1) is 10.3. The molecule has 0 bridgehead atoms. The molecule has 1 N–H and O–H groups in total. The van der Waals surface area contributed by atoms with Gasteiger partial charge in [0.2, 0.25) is 0 Å². The molecule has 1 heterocycles. The van der Waals surface area contributed by atoms with Crippen LogP contribution in [0.4, 0.5) is 11.6 Å². The van der Waals surface area contributed by atoms with Gasteiger partial charge in [-0.05, 0) is 53.7 Å². The molecule has 0 atom stereocenters. The Balaban J connectivity index is 1.86. The lowest BCUT2D eigenvalue weighted by Crippen LogP contribution is -2.03. The molecule has 21 heavy (non-hydrogen) atoms. The summed E-state index contributed by atoms with van der Waals surface area (Å²) in [5, 5.41) is 14.9. The highest BCUT2D eigenvalue weighted by Gasteiger charge is 2.08. The molecule has 0 fully saturated rings. The summed E-state index contributed by atoms with van der Waals surface area (Å²) in [6.07, 6.45) is 0. The molecule has 6 heteroatoms. The fourth-order valence-electron chi connectivity index (χ4n) is 1.93. The van der Waals surface area contributed by atoms with Crippen molar-refractivity contribution in [2.75, 3.05) is 12.4 Å². The number of rotatable bonds is 4. The van der Waals surface area contributed by atoms with E-state index in [0.29, 0.717) is 5.95 Å². The van der Waals surface area contributed by atoms with Crippen LogP contribution in [0, 0.1) is 6.92 Å². The molecule has 0 aliphatic rings. The lowest BCUT2D eigenvalue weighted by Gasteiger charge is -2.08. The van der Waals surface area contributed by atoms with Crippen LogP contribution in [0.15, 0.2) is 48.5 Å². The number of benzene rings is 2. The Bertz CT molecular complexity index is 719. The van der Waals surface area contributed by atoms with Crippen molar-refractivity contribution in [1.82, 2.24) is 20.2 Å². The monoisotopic (exact) mass is 281 g/mol. The molecular formula is C15H15N5O. The summed E-state index contributed by atoms with van der Waals surface area (Å²) in [6, 6.07) is 15.6. The van der Waals surface area contributed by atoms with Gasteiger partial charge >= 0.3 is 0 Å². The van der Waals surface area contributed by atoms with Gasteiger partial charge in [0.25, 0.3) is 5.95 Å². The number of anilines is 2. The Labute approximate surface area is 122 Å². The van der Waals surface area contributed by atoms with Crippen molar-refractivity contribution in [1.29, 1.82) is 0 Å². The number of nitrogens with zero attached hydrogens (tertiary/aromatic N) is 4. The molecule has 6 nitrogen and oxygen atoms in total. The largest absolute Gasteiger partial charge is 0.497 e. The van der Waals surface area contributed by atoms with E-state index in [0.717, 1.165) is 17.1 Å². The van der Waals surface area contributed by atoms with Crippen LogP contribution >= 0.6 is 0 Å². The second-order valence-electron chi connectivity index (χ2n) is 4.60. The molecule has 0 spiro atoms. The first-order valence-corrected chi connectivity index (χ1v) is 6.53. The van der Waals surface area contributed by atoms with E-state index in [1.807, 2.05) is 55.5 Å². The second-order valence-corrected chi connectivity index (χ2v) is 4.60. The first-order valence-electron chi connectivity index (χ1n) is 6.53. The summed E-state index contributed by atoms with van der Waals surface area (Å²) in [7, 11) is 1.64. The van der Waals surface area contributed by atoms with Crippen LogP contribution in [0.2, 0.25) is 0 Å². The normalized spacial score (nSPS) is 10.4. The molecule has 1 aromatic heterocycles. The smallest absolute Gasteiger partial charge is 0.252 e. The van der Waals surface area contributed by atoms with E-state index in [1.54, 1.807) is 11.8 Å². The summed E-state index contributed by atoms with van der Waals surface area (Å²) in [5.41, 5.74) is 2.98. The molecule has 0 aliphatic heterocycles. The van der Waals surface area contributed by atoms with E-state index >= 15 is 0 Å². The first kappa shape index (κ1) is 13.1. The van der Waals surface area contributed by atoms with Crippen LogP contribution < -0.4 is 10.1 Å². The lowest BCUT2D eigenvalue weighted by molar-refractivity contribution is 0.415. The number of aryl methyl sites for hydroxylation is 1. The summed E-state index contributed by atoms with van der Waals surface area (Å²) in [4.78, 5) is 0. The number of aromatic nitrogens is 4. The van der Waals surface area contributed by atoms with E-state index < -0.39 is 0 Å². The second kappa shape index (κ2) is 5.62. The Kier molecular flexibility index (Phi) is 3.51. The molecule has 0 saturated heterocycles. The van der Waals surface area contributed by atoms with E-state index in [9.17, 15) is 0 Å². The molecule has 0 amide bonds. The van der Waals surface area contributed by atoms with E-state index in [1.165, 1.54) is 5.56 Å². The average molecular weight is 281 g/mol. The molecule has 0 aliphatic carbocycles. The van der Waals surface area contributed by atoms with Crippen LogP contribution in [0.25, 0.3) is 5.69 Å². The fraction of sp³-hybridized carbons (Fsp3) is 0.133. The highest BCUT2D eigenvalue weighted by Crippen LogP contribution is 2.20. The van der Waals surface area contributed by atoms with Crippen molar-refractivity contribution in [3.63, 3.8) is 0 Å². The van der Waals surface area contributed by atoms with E-state index in [4.69, 9.17) is 4.74 Å². The van der Waals surface area contributed by atoms with Crippen molar-refractivity contribution >= 4 is 11.6 Å². The zero-order valence-corrected chi connectivity index (χ0v) is 11.8. The summed E-state index contributed by atoms with van der Waals surface area (Å²) in [6.45, 7) is 2.04. The van der Waals surface area contributed by atoms with Gasteiger partial charge in [0.1, 0.15) is 5.75 Å². The average Bonchev–Trinajstić information content (AvgIpc) is 2.97. The third-order valence-corrected chi connectivity index (χ3v) is 3.09.